The molecular formula is C48H41Cl3N12O3. The average molecular weight is 940 g/mol. The minimum atomic E-state index is -0.951. The SMILES string of the molecule is Cc1nc(N)c(C#N)cc1CN.Cc1nc(N)c(C#N)cc1CNC(=O)c1ccnc(Cc2ccc3ncc(Cl)cc3c2)c1.Cl.O=C(O)c1ccnc(Cc2ccc3ncc(Cl)cc3c2)c1. The summed E-state index contributed by atoms with van der Waals surface area (Å²) in [6.45, 7) is 4.23. The minimum Gasteiger partial charge on any atom is -0.478 e. The van der Waals surface area contributed by atoms with Crippen molar-refractivity contribution in [3.63, 3.8) is 0 Å². The molecule has 8 aromatic rings. The van der Waals surface area contributed by atoms with E-state index in [4.69, 9.17) is 56.0 Å². The summed E-state index contributed by atoms with van der Waals surface area (Å²) in [5.74, 6) is -0.733. The molecule has 2 aromatic carbocycles. The minimum absolute atomic E-state index is 0. The maximum Gasteiger partial charge on any atom is 0.335 e. The molecule has 0 aliphatic carbocycles. The summed E-state index contributed by atoms with van der Waals surface area (Å²) in [5.41, 5.74) is 26.4. The van der Waals surface area contributed by atoms with Crippen LogP contribution in [0.4, 0.5) is 11.6 Å². The van der Waals surface area contributed by atoms with E-state index in [9.17, 15) is 9.59 Å². The zero-order valence-electron chi connectivity index (χ0n) is 35.5. The van der Waals surface area contributed by atoms with E-state index in [0.717, 1.165) is 55.4 Å². The smallest absolute Gasteiger partial charge is 0.335 e. The highest BCUT2D eigenvalue weighted by Gasteiger charge is 2.12. The molecule has 0 unspecified atom stereocenters. The summed E-state index contributed by atoms with van der Waals surface area (Å²) in [6.07, 6.45) is 7.49. The van der Waals surface area contributed by atoms with Gasteiger partial charge in [-0.15, -0.1) is 12.4 Å². The molecule has 8 rings (SSSR count). The number of nitriles is 2. The molecular weight excluding hydrogens is 899 g/mol. The summed E-state index contributed by atoms with van der Waals surface area (Å²) >= 11 is 12.0. The number of nitrogens with two attached hydrogens (primary N) is 3. The van der Waals surface area contributed by atoms with Crippen LogP contribution in [0.1, 0.15) is 76.9 Å². The first-order valence-corrected chi connectivity index (χ1v) is 20.5. The van der Waals surface area contributed by atoms with Crippen molar-refractivity contribution in [2.75, 3.05) is 11.5 Å². The Bertz CT molecular complexity index is 3170. The average Bonchev–Trinajstić information content (AvgIpc) is 3.29. The lowest BCUT2D eigenvalue weighted by molar-refractivity contribution is 0.0696. The zero-order chi connectivity index (χ0) is 46.6. The van der Waals surface area contributed by atoms with Crippen molar-refractivity contribution < 1.29 is 14.7 Å². The van der Waals surface area contributed by atoms with Crippen molar-refractivity contribution in [2.45, 2.75) is 39.8 Å². The number of carboxylic acid groups (broad SMARTS) is 1. The quantitative estimate of drug-likeness (QED) is 0.0912. The molecule has 0 spiro atoms. The number of nitrogen functional groups attached to an aromatic ring is 2. The fourth-order valence-corrected chi connectivity index (χ4v) is 6.88. The predicted octanol–water partition coefficient (Wildman–Crippen LogP) is 8.26. The van der Waals surface area contributed by atoms with E-state index in [2.05, 4.69) is 35.2 Å². The summed E-state index contributed by atoms with van der Waals surface area (Å²) < 4.78 is 0. The van der Waals surface area contributed by atoms with Crippen LogP contribution in [0.15, 0.2) is 110 Å². The Kier molecular flexibility index (Phi) is 16.9. The highest BCUT2D eigenvalue weighted by atomic mass is 35.5. The van der Waals surface area contributed by atoms with E-state index in [1.165, 1.54) is 12.3 Å². The lowest BCUT2D eigenvalue weighted by atomic mass is 10.0. The number of benzene rings is 2. The van der Waals surface area contributed by atoms with Crippen molar-refractivity contribution in [2.24, 2.45) is 5.73 Å². The highest BCUT2D eigenvalue weighted by Crippen LogP contribution is 2.22. The van der Waals surface area contributed by atoms with E-state index >= 15 is 0 Å². The lowest BCUT2D eigenvalue weighted by Gasteiger charge is -2.10. The van der Waals surface area contributed by atoms with Gasteiger partial charge in [0, 0.05) is 89.8 Å². The van der Waals surface area contributed by atoms with Gasteiger partial charge < -0.3 is 27.6 Å². The Morgan fingerprint density at radius 1 is 0.667 bits per heavy atom. The molecule has 0 fully saturated rings. The van der Waals surface area contributed by atoms with Crippen LogP contribution >= 0.6 is 35.6 Å². The normalized spacial score (nSPS) is 10.3. The third-order valence-corrected chi connectivity index (χ3v) is 10.3. The first-order valence-electron chi connectivity index (χ1n) is 19.8. The van der Waals surface area contributed by atoms with Crippen LogP contribution in [0, 0.1) is 36.5 Å². The van der Waals surface area contributed by atoms with Gasteiger partial charge in [0.15, 0.2) is 0 Å². The number of aromatic carboxylic acids is 1. The Labute approximate surface area is 395 Å². The first kappa shape index (κ1) is 49.2. The van der Waals surface area contributed by atoms with Crippen molar-refractivity contribution in [3.05, 3.63) is 187 Å². The predicted molar refractivity (Wildman–Crippen MR) is 257 cm³/mol. The number of anilines is 2. The fourth-order valence-electron chi connectivity index (χ4n) is 6.54. The van der Waals surface area contributed by atoms with Gasteiger partial charge in [-0.3, -0.25) is 24.7 Å². The fraction of sp³-hybridized carbons (Fsp3) is 0.125. The molecule has 0 aliphatic heterocycles. The van der Waals surface area contributed by atoms with Gasteiger partial charge in [0.2, 0.25) is 0 Å². The second-order valence-corrected chi connectivity index (χ2v) is 15.4. The molecule has 0 saturated heterocycles. The van der Waals surface area contributed by atoms with E-state index in [1.807, 2.05) is 67.6 Å². The number of nitrogens with zero attached hydrogens (tertiary/aromatic N) is 8. The standard InChI is InChI=1S/C24H19ClN6O.C16H11ClN2O2.C8H10N4.ClH/c1-14-19(8-18(11-26)23(27)31-14)12-30-24(32)16-4-5-28-21(10-16)7-15-2-3-22-17(6-15)9-20(25)13-29-22;17-13-7-12-5-10(1-2-15(12)19-9-13)6-14-8-11(16(20)21)3-4-18-14;1-5-6(3-9)2-7(4-10)8(11)12-5;/h2-6,8-10,13H,7,12H2,1H3,(H2,27,31)(H,30,32);1-5,7-9H,6H2,(H,20,21);2H,3,9H2,1H3,(H2,11,12);1H. The molecule has 0 saturated carbocycles. The number of amides is 1. The number of rotatable bonds is 9. The number of aromatic nitrogens is 6. The molecule has 18 heteroatoms. The van der Waals surface area contributed by atoms with Crippen LogP contribution in [0.25, 0.3) is 21.8 Å². The first-order chi connectivity index (χ1) is 31.2. The van der Waals surface area contributed by atoms with Crippen molar-refractivity contribution in [3.8, 4) is 12.1 Å². The molecule has 0 radical (unpaired) electrons. The third-order valence-electron chi connectivity index (χ3n) is 9.93. The van der Waals surface area contributed by atoms with Gasteiger partial charge in [-0.2, -0.15) is 10.5 Å². The van der Waals surface area contributed by atoms with E-state index in [1.54, 1.807) is 55.8 Å². The number of carbonyl (C=O) groups excluding carboxylic acids is 1. The molecule has 332 valence electrons. The molecule has 6 aromatic heterocycles. The Balaban J connectivity index is 0.000000206. The number of halogens is 3. The van der Waals surface area contributed by atoms with Crippen molar-refractivity contribution in [1.82, 2.24) is 35.2 Å². The van der Waals surface area contributed by atoms with Crippen LogP contribution in [0.3, 0.4) is 0 Å². The second-order valence-electron chi connectivity index (χ2n) is 14.5. The summed E-state index contributed by atoms with van der Waals surface area (Å²) in [6, 6.07) is 29.3. The molecule has 1 amide bonds. The van der Waals surface area contributed by atoms with Crippen molar-refractivity contribution in [1.29, 1.82) is 10.5 Å². The van der Waals surface area contributed by atoms with E-state index < -0.39 is 5.97 Å². The van der Waals surface area contributed by atoms with Gasteiger partial charge in [0.1, 0.15) is 23.8 Å². The number of pyridine rings is 6. The van der Waals surface area contributed by atoms with E-state index in [0.29, 0.717) is 51.9 Å². The molecule has 8 N–H and O–H groups in total. The third kappa shape index (κ3) is 12.9. The molecule has 6 heterocycles. The van der Waals surface area contributed by atoms with Gasteiger partial charge >= 0.3 is 5.97 Å². The van der Waals surface area contributed by atoms with Crippen molar-refractivity contribution >= 4 is 80.9 Å². The Morgan fingerprint density at radius 3 is 1.62 bits per heavy atom. The van der Waals surface area contributed by atoms with Crippen LogP contribution < -0.4 is 22.5 Å². The number of hydrogen-bond donors (Lipinski definition) is 5. The number of aryl methyl sites for hydroxylation is 2. The molecule has 0 atom stereocenters. The van der Waals surface area contributed by atoms with Crippen LogP contribution in [0.5, 0.6) is 0 Å². The Hall–Kier alpha value is -7.79. The summed E-state index contributed by atoms with van der Waals surface area (Å²) in [4.78, 5) is 49.0. The van der Waals surface area contributed by atoms with Gasteiger partial charge in [-0.05, 0) is 109 Å². The summed E-state index contributed by atoms with van der Waals surface area (Å²) in [7, 11) is 0. The van der Waals surface area contributed by atoms with Crippen LogP contribution in [0.2, 0.25) is 10.0 Å². The summed E-state index contributed by atoms with van der Waals surface area (Å²) in [5, 5.41) is 32.7. The number of carbonyl (C=O) groups is 2. The number of carboxylic acids is 1. The Morgan fingerprint density at radius 2 is 1.14 bits per heavy atom. The number of fused-ring (bicyclic) bond motifs is 2. The van der Waals surface area contributed by atoms with Crippen LogP contribution in [-0.4, -0.2) is 46.9 Å². The van der Waals surface area contributed by atoms with Crippen LogP contribution in [-0.2, 0) is 25.9 Å². The molecule has 0 aliphatic rings. The lowest BCUT2D eigenvalue weighted by Crippen LogP contribution is -2.24. The maximum atomic E-state index is 12.7. The molecule has 66 heavy (non-hydrogen) atoms. The maximum absolute atomic E-state index is 12.7. The van der Waals surface area contributed by atoms with E-state index in [-0.39, 0.29) is 47.6 Å². The van der Waals surface area contributed by atoms with Gasteiger partial charge in [-0.25, -0.2) is 14.8 Å². The monoisotopic (exact) mass is 938 g/mol. The topological polar surface area (TPSA) is 269 Å². The largest absolute Gasteiger partial charge is 0.478 e. The molecule has 0 bridgehead atoms. The second kappa shape index (κ2) is 22.7. The van der Waals surface area contributed by atoms with Gasteiger partial charge in [-0.1, -0.05) is 35.3 Å². The highest BCUT2D eigenvalue weighted by molar-refractivity contribution is 6.31. The van der Waals surface area contributed by atoms with Gasteiger partial charge in [0.25, 0.3) is 5.91 Å². The van der Waals surface area contributed by atoms with Gasteiger partial charge in [0.05, 0.1) is 37.8 Å². The number of nitrogens with one attached hydrogen (secondary N) is 1. The molecule has 15 nitrogen and oxygen atoms in total. The number of hydrogen-bond acceptors (Lipinski definition) is 13. The zero-order valence-corrected chi connectivity index (χ0v) is 37.8.